The number of halogens is 1. The molecule has 0 aromatic heterocycles. The molecule has 0 amide bonds. The van der Waals surface area contributed by atoms with Gasteiger partial charge in [0.15, 0.2) is 0 Å². The number of methoxy groups -OCH3 is 1. The molecule has 0 heterocycles. The number of aryl methyl sites for hydroxylation is 1. The summed E-state index contributed by atoms with van der Waals surface area (Å²) in [6.07, 6.45) is 0. The number of nitrogens with two attached hydrogens (primary N) is 1. The Balaban J connectivity index is 2.16. The van der Waals surface area contributed by atoms with E-state index >= 15 is 0 Å². The van der Waals surface area contributed by atoms with Crippen molar-refractivity contribution in [2.24, 2.45) is 10.7 Å². The van der Waals surface area contributed by atoms with Gasteiger partial charge in [-0.25, -0.2) is 0 Å². The van der Waals surface area contributed by atoms with Crippen molar-refractivity contribution in [3.05, 3.63) is 69.2 Å². The lowest BCUT2D eigenvalue weighted by Gasteiger charge is -2.09. The fourth-order valence-electron chi connectivity index (χ4n) is 2.05. The third kappa shape index (κ3) is 4.53. The van der Waals surface area contributed by atoms with Gasteiger partial charge in [-0.15, -0.1) is 11.8 Å². The van der Waals surface area contributed by atoms with E-state index in [9.17, 15) is 0 Å². The van der Waals surface area contributed by atoms with E-state index in [1.54, 1.807) is 7.11 Å². The summed E-state index contributed by atoms with van der Waals surface area (Å²) in [6.45, 7) is 5.59. The fraction of sp³-hybridized carbons (Fsp3) is 0.167. The van der Waals surface area contributed by atoms with Crippen molar-refractivity contribution in [3.8, 4) is 5.75 Å². The Hall–Kier alpha value is -1.91. The van der Waals surface area contributed by atoms with Crippen LogP contribution in [0.4, 0.5) is 0 Å². The molecule has 0 atom stereocenters. The summed E-state index contributed by atoms with van der Waals surface area (Å²) in [5.74, 6) is 1.59. The van der Waals surface area contributed by atoms with E-state index < -0.39 is 0 Å². The van der Waals surface area contributed by atoms with Crippen molar-refractivity contribution in [1.82, 2.24) is 0 Å². The summed E-state index contributed by atoms with van der Waals surface area (Å²) in [5, 5.41) is 1.36. The quantitative estimate of drug-likeness (QED) is 0.758. The Morgan fingerprint density at radius 2 is 1.96 bits per heavy atom. The highest BCUT2D eigenvalue weighted by atomic mass is 35.5. The normalized spacial score (nSPS) is 11.8. The topological polar surface area (TPSA) is 47.6 Å². The van der Waals surface area contributed by atoms with Crippen LogP contribution < -0.4 is 10.5 Å². The summed E-state index contributed by atoms with van der Waals surface area (Å²) < 4.78 is 5.15. The van der Waals surface area contributed by atoms with E-state index in [4.69, 9.17) is 22.1 Å². The van der Waals surface area contributed by atoms with Gasteiger partial charge in [-0.2, -0.15) is 0 Å². The number of hydrogen-bond donors (Lipinski definition) is 1. The van der Waals surface area contributed by atoms with E-state index in [-0.39, 0.29) is 0 Å². The molecule has 0 saturated heterocycles. The molecule has 2 aromatic rings. The smallest absolute Gasteiger partial charge is 0.118 e. The molecule has 0 unspecified atom stereocenters. The minimum absolute atomic E-state index is 0.637. The van der Waals surface area contributed by atoms with Crippen molar-refractivity contribution in [3.63, 3.8) is 0 Å². The lowest BCUT2D eigenvalue weighted by atomic mass is 10.1. The molecule has 23 heavy (non-hydrogen) atoms. The third-order valence-electron chi connectivity index (χ3n) is 3.38. The molecule has 0 aliphatic heterocycles. The fourth-order valence-corrected chi connectivity index (χ4v) is 3.01. The van der Waals surface area contributed by atoms with Crippen molar-refractivity contribution < 1.29 is 4.74 Å². The second-order valence-corrected chi connectivity index (χ2v) is 6.40. The first kappa shape index (κ1) is 17.4. The van der Waals surface area contributed by atoms with Gasteiger partial charge in [0, 0.05) is 16.3 Å². The molecule has 0 saturated carbocycles. The maximum atomic E-state index is 6.20. The van der Waals surface area contributed by atoms with E-state index in [2.05, 4.69) is 11.7 Å². The number of aliphatic imine (C=N–C) groups is 1. The monoisotopic (exact) mass is 346 g/mol. The molecule has 2 aromatic carbocycles. The first-order valence-electron chi connectivity index (χ1n) is 7.04. The maximum Gasteiger partial charge on any atom is 0.118 e. The summed E-state index contributed by atoms with van der Waals surface area (Å²) >= 11 is 7.60. The van der Waals surface area contributed by atoms with Crippen molar-refractivity contribution in [2.45, 2.75) is 12.7 Å². The van der Waals surface area contributed by atoms with Crippen LogP contribution in [-0.2, 0) is 5.75 Å². The molecule has 120 valence electrons. The number of nitrogens with zero attached hydrogens (tertiary/aromatic N) is 1. The predicted octanol–water partition coefficient (Wildman–Crippen LogP) is 4.88. The summed E-state index contributed by atoms with van der Waals surface area (Å²) in [5.41, 5.74) is 9.95. The molecule has 0 aliphatic rings. The highest BCUT2D eigenvalue weighted by molar-refractivity contribution is 8.02. The Labute approximate surface area is 146 Å². The minimum atomic E-state index is 0.637. The van der Waals surface area contributed by atoms with Gasteiger partial charge in [0.25, 0.3) is 0 Å². The summed E-state index contributed by atoms with van der Waals surface area (Å²) in [6, 6.07) is 13.6. The average Bonchev–Trinajstić information content (AvgIpc) is 2.57. The third-order valence-corrected chi connectivity index (χ3v) is 4.78. The molecule has 0 radical (unpaired) electrons. The van der Waals surface area contributed by atoms with Gasteiger partial charge in [-0.3, -0.25) is 4.99 Å². The SMILES string of the molecule is C=N/C(=C(/N)SCc1ccc(OC)cc1)c1ccc(Cl)c(C)c1. The first-order valence-corrected chi connectivity index (χ1v) is 8.40. The van der Waals surface area contributed by atoms with Crippen LogP contribution in [0.1, 0.15) is 16.7 Å². The molecule has 2 rings (SSSR count). The molecule has 0 bridgehead atoms. The zero-order valence-electron chi connectivity index (χ0n) is 13.2. The number of ether oxygens (including phenoxy) is 1. The van der Waals surface area contributed by atoms with E-state index in [1.807, 2.05) is 49.4 Å². The Kier molecular flexibility index (Phi) is 6.13. The zero-order valence-corrected chi connectivity index (χ0v) is 14.7. The Morgan fingerprint density at radius 1 is 1.26 bits per heavy atom. The number of hydrogen-bond acceptors (Lipinski definition) is 4. The molecule has 0 spiro atoms. The first-order chi connectivity index (χ1) is 11.0. The Bertz CT molecular complexity index is 726. The highest BCUT2D eigenvalue weighted by Crippen LogP contribution is 2.29. The van der Waals surface area contributed by atoms with Crippen molar-refractivity contribution in [1.29, 1.82) is 0 Å². The van der Waals surface area contributed by atoms with Gasteiger partial charge >= 0.3 is 0 Å². The van der Waals surface area contributed by atoms with Gasteiger partial charge in [-0.05, 0) is 49.0 Å². The number of thioether (sulfide) groups is 1. The standard InChI is InChI=1S/C18H19ClN2OS/c1-12-10-14(6-9-16(12)19)17(21-2)18(20)23-11-13-4-7-15(22-3)8-5-13/h4-10H,2,11,20H2,1,3H3/b18-17-. The molecule has 3 nitrogen and oxygen atoms in total. The zero-order chi connectivity index (χ0) is 16.8. The Morgan fingerprint density at radius 3 is 2.52 bits per heavy atom. The lowest BCUT2D eigenvalue weighted by Crippen LogP contribution is -1.98. The minimum Gasteiger partial charge on any atom is -0.497 e. The molecule has 5 heteroatoms. The van der Waals surface area contributed by atoms with Crippen LogP contribution in [0.5, 0.6) is 5.75 Å². The maximum absolute atomic E-state index is 6.20. The average molecular weight is 347 g/mol. The second kappa shape index (κ2) is 8.09. The number of rotatable bonds is 6. The molecule has 0 aliphatic carbocycles. The lowest BCUT2D eigenvalue weighted by molar-refractivity contribution is 0.414. The van der Waals surface area contributed by atoms with Crippen LogP contribution in [0.2, 0.25) is 5.02 Å². The van der Waals surface area contributed by atoms with Crippen LogP contribution in [0, 0.1) is 6.92 Å². The predicted molar refractivity (Wildman–Crippen MR) is 101 cm³/mol. The van der Waals surface area contributed by atoms with Crippen molar-refractivity contribution >= 4 is 35.8 Å². The molecular weight excluding hydrogens is 328 g/mol. The largest absolute Gasteiger partial charge is 0.497 e. The highest BCUT2D eigenvalue weighted by Gasteiger charge is 2.08. The van der Waals surface area contributed by atoms with Crippen LogP contribution in [0.3, 0.4) is 0 Å². The summed E-state index contributed by atoms with van der Waals surface area (Å²) in [7, 11) is 1.65. The van der Waals surface area contributed by atoms with E-state index in [0.29, 0.717) is 10.7 Å². The van der Waals surface area contributed by atoms with E-state index in [1.165, 1.54) is 11.8 Å². The van der Waals surface area contributed by atoms with Gasteiger partial charge < -0.3 is 10.5 Å². The van der Waals surface area contributed by atoms with Gasteiger partial charge in [0.05, 0.1) is 17.8 Å². The second-order valence-electron chi connectivity index (χ2n) is 4.97. The van der Waals surface area contributed by atoms with Gasteiger partial charge in [-0.1, -0.05) is 29.8 Å². The molecule has 2 N–H and O–H groups in total. The van der Waals surface area contributed by atoms with Gasteiger partial charge in [0.1, 0.15) is 5.75 Å². The molecule has 0 fully saturated rings. The summed E-state index contributed by atoms with van der Waals surface area (Å²) in [4.78, 5) is 4.09. The van der Waals surface area contributed by atoms with Crippen LogP contribution >= 0.6 is 23.4 Å². The molecular formula is C18H19ClN2OS. The van der Waals surface area contributed by atoms with Crippen LogP contribution in [0.25, 0.3) is 5.70 Å². The van der Waals surface area contributed by atoms with Gasteiger partial charge in [0.2, 0.25) is 0 Å². The van der Waals surface area contributed by atoms with Crippen LogP contribution in [-0.4, -0.2) is 13.8 Å². The van der Waals surface area contributed by atoms with E-state index in [0.717, 1.165) is 33.2 Å². The number of benzene rings is 2. The van der Waals surface area contributed by atoms with Crippen molar-refractivity contribution in [2.75, 3.05) is 7.11 Å². The van der Waals surface area contributed by atoms with Crippen LogP contribution in [0.15, 0.2) is 52.5 Å².